The molecule has 16 heavy (non-hydrogen) atoms. The van der Waals surface area contributed by atoms with E-state index >= 15 is 0 Å². The molecule has 0 unspecified atom stereocenters. The third kappa shape index (κ3) is 2.41. The highest BCUT2D eigenvalue weighted by Crippen LogP contribution is 2.14. The molecule has 82 valence electrons. The van der Waals surface area contributed by atoms with E-state index in [2.05, 4.69) is 4.72 Å². The van der Waals surface area contributed by atoms with E-state index in [1.165, 1.54) is 18.2 Å². The lowest BCUT2D eigenvalue weighted by Crippen LogP contribution is -2.12. The molecule has 0 spiro atoms. The summed E-state index contributed by atoms with van der Waals surface area (Å²) in [6, 6.07) is 14.7. The Morgan fingerprint density at radius 3 is 2.31 bits per heavy atom. The average molecular weight is 234 g/mol. The first kappa shape index (κ1) is 9.42. The molecule has 3 nitrogen and oxygen atoms in total. The molecule has 2 aromatic carbocycles. The van der Waals surface area contributed by atoms with E-state index in [4.69, 9.17) is 1.37 Å². The Balaban J connectivity index is 2.32. The molecule has 0 amide bonds. The molecule has 0 aliphatic heterocycles. The van der Waals surface area contributed by atoms with Crippen LogP contribution in [0.2, 0.25) is 0 Å². The first-order valence-corrected chi connectivity index (χ1v) is 6.21. The van der Waals surface area contributed by atoms with Crippen molar-refractivity contribution in [2.45, 2.75) is 4.90 Å². The molecule has 1 N–H and O–H groups in total. The van der Waals surface area contributed by atoms with Crippen molar-refractivity contribution in [2.75, 3.05) is 4.72 Å². The van der Waals surface area contributed by atoms with E-state index in [0.717, 1.165) is 0 Å². The third-order valence-corrected chi connectivity index (χ3v) is 3.39. The summed E-state index contributed by atoms with van der Waals surface area (Å²) < 4.78 is 33.8. The number of sulfonamides is 1. The fourth-order valence-electron chi connectivity index (χ4n) is 1.26. The summed E-state index contributed by atoms with van der Waals surface area (Å²) in [5, 5.41) is 0. The van der Waals surface area contributed by atoms with Gasteiger partial charge >= 0.3 is 0 Å². The van der Waals surface area contributed by atoms with Crippen molar-refractivity contribution in [2.24, 2.45) is 0 Å². The molecular formula is C12H11NO2S. The van der Waals surface area contributed by atoms with Gasteiger partial charge in [0.1, 0.15) is 0 Å². The molecule has 0 aliphatic rings. The SMILES string of the molecule is [2H]c1cccc(S(=O)(=O)Nc2ccccc2)c1. The topological polar surface area (TPSA) is 46.2 Å². The van der Waals surface area contributed by atoms with Crippen LogP contribution in [0.4, 0.5) is 5.69 Å². The zero-order valence-electron chi connectivity index (χ0n) is 9.42. The molecular weight excluding hydrogens is 222 g/mol. The second-order valence-corrected chi connectivity index (χ2v) is 4.89. The highest BCUT2D eigenvalue weighted by atomic mass is 32.2. The number of nitrogens with one attached hydrogen (secondary N) is 1. The van der Waals surface area contributed by atoms with E-state index in [1.807, 2.05) is 6.07 Å². The fourth-order valence-corrected chi connectivity index (χ4v) is 2.31. The highest BCUT2D eigenvalue weighted by Gasteiger charge is 2.12. The zero-order chi connectivity index (χ0) is 12.3. The maximum atomic E-state index is 12.0. The van der Waals surface area contributed by atoms with Crippen molar-refractivity contribution in [3.8, 4) is 0 Å². The van der Waals surface area contributed by atoms with Crippen LogP contribution < -0.4 is 4.72 Å². The first-order chi connectivity index (χ1) is 8.08. The quantitative estimate of drug-likeness (QED) is 0.886. The van der Waals surface area contributed by atoms with E-state index in [9.17, 15) is 8.42 Å². The van der Waals surface area contributed by atoms with Gasteiger partial charge in [-0.2, -0.15) is 0 Å². The largest absolute Gasteiger partial charge is 0.280 e. The number of hydrogen-bond donors (Lipinski definition) is 1. The monoisotopic (exact) mass is 234 g/mol. The third-order valence-electron chi connectivity index (χ3n) is 2.01. The maximum Gasteiger partial charge on any atom is 0.261 e. The Labute approximate surface area is 96.2 Å². The zero-order valence-corrected chi connectivity index (χ0v) is 9.24. The molecule has 0 heterocycles. The van der Waals surface area contributed by atoms with Crippen LogP contribution in [0, 0.1) is 0 Å². The van der Waals surface area contributed by atoms with E-state index < -0.39 is 10.0 Å². The van der Waals surface area contributed by atoms with E-state index in [1.54, 1.807) is 30.3 Å². The normalized spacial score (nSPS) is 11.9. The van der Waals surface area contributed by atoms with Crippen molar-refractivity contribution < 1.29 is 9.79 Å². The van der Waals surface area contributed by atoms with Crippen LogP contribution in [0.15, 0.2) is 65.5 Å². The number of benzene rings is 2. The Kier molecular flexibility index (Phi) is 2.57. The first-order valence-electron chi connectivity index (χ1n) is 5.22. The molecule has 0 fully saturated rings. The van der Waals surface area contributed by atoms with Crippen molar-refractivity contribution in [1.29, 1.82) is 0 Å². The Hall–Kier alpha value is -1.81. The molecule has 0 saturated carbocycles. The standard InChI is InChI=1S/C12H11NO2S/c14-16(15,12-9-5-2-6-10-12)13-11-7-3-1-4-8-11/h1-10,13H/i5D. The van der Waals surface area contributed by atoms with Crippen molar-refractivity contribution in [3.63, 3.8) is 0 Å². The van der Waals surface area contributed by atoms with Gasteiger partial charge < -0.3 is 0 Å². The van der Waals surface area contributed by atoms with Crippen LogP contribution >= 0.6 is 0 Å². The minimum absolute atomic E-state index is 0.0915. The fraction of sp³-hybridized carbons (Fsp3) is 0. The number of hydrogen-bond acceptors (Lipinski definition) is 2. The molecule has 0 radical (unpaired) electrons. The summed E-state index contributed by atoms with van der Waals surface area (Å²) in [5.41, 5.74) is 0.503. The smallest absolute Gasteiger partial charge is 0.261 e. The van der Waals surface area contributed by atoms with Crippen LogP contribution in [0.3, 0.4) is 0 Å². The van der Waals surface area contributed by atoms with Gasteiger partial charge in [0, 0.05) is 5.69 Å². The summed E-state index contributed by atoms with van der Waals surface area (Å²) >= 11 is 0. The van der Waals surface area contributed by atoms with Gasteiger partial charge in [-0.05, 0) is 24.3 Å². The molecule has 2 aromatic rings. The van der Waals surface area contributed by atoms with Gasteiger partial charge in [0.25, 0.3) is 10.0 Å². The predicted octanol–water partition coefficient (Wildman–Crippen LogP) is 2.49. The molecule has 0 atom stereocenters. The van der Waals surface area contributed by atoms with Crippen molar-refractivity contribution in [1.82, 2.24) is 0 Å². The molecule has 2 rings (SSSR count). The summed E-state index contributed by atoms with van der Waals surface area (Å²) in [6.45, 7) is 0. The lowest BCUT2D eigenvalue weighted by atomic mass is 10.3. The molecule has 0 bridgehead atoms. The molecule has 0 aliphatic carbocycles. The number of anilines is 1. The molecule has 0 saturated heterocycles. The van der Waals surface area contributed by atoms with Crippen LogP contribution in [-0.4, -0.2) is 8.42 Å². The number of rotatable bonds is 3. The van der Waals surface area contributed by atoms with Crippen LogP contribution in [0.1, 0.15) is 1.37 Å². The van der Waals surface area contributed by atoms with Gasteiger partial charge in [0.15, 0.2) is 0 Å². The minimum atomic E-state index is -3.61. The second kappa shape index (κ2) is 4.37. The Morgan fingerprint density at radius 2 is 1.62 bits per heavy atom. The van der Waals surface area contributed by atoms with Crippen LogP contribution in [-0.2, 0) is 10.0 Å². The van der Waals surface area contributed by atoms with Crippen molar-refractivity contribution >= 4 is 15.7 Å². The summed E-state index contributed by atoms with van der Waals surface area (Å²) in [6.07, 6.45) is 0. The molecule has 4 heteroatoms. The predicted molar refractivity (Wildman–Crippen MR) is 63.7 cm³/mol. The summed E-state index contributed by atoms with van der Waals surface area (Å²) in [4.78, 5) is 0.0915. The Morgan fingerprint density at radius 1 is 0.938 bits per heavy atom. The lowest BCUT2D eigenvalue weighted by molar-refractivity contribution is 0.601. The highest BCUT2D eigenvalue weighted by molar-refractivity contribution is 7.92. The van der Waals surface area contributed by atoms with Gasteiger partial charge in [-0.15, -0.1) is 0 Å². The minimum Gasteiger partial charge on any atom is -0.280 e. The van der Waals surface area contributed by atoms with Gasteiger partial charge in [-0.25, -0.2) is 8.42 Å². The summed E-state index contributed by atoms with van der Waals surface area (Å²) in [5.74, 6) is 0. The number of para-hydroxylation sites is 1. The van der Waals surface area contributed by atoms with E-state index in [0.29, 0.717) is 5.69 Å². The summed E-state index contributed by atoms with van der Waals surface area (Å²) in [7, 11) is -3.61. The van der Waals surface area contributed by atoms with Gasteiger partial charge in [0.2, 0.25) is 0 Å². The van der Waals surface area contributed by atoms with Gasteiger partial charge in [0.05, 0.1) is 6.27 Å². The van der Waals surface area contributed by atoms with E-state index in [-0.39, 0.29) is 10.9 Å². The van der Waals surface area contributed by atoms with Crippen LogP contribution in [0.5, 0.6) is 0 Å². The lowest BCUT2D eigenvalue weighted by Gasteiger charge is -2.07. The molecule has 0 aromatic heterocycles. The van der Waals surface area contributed by atoms with Gasteiger partial charge in [-0.1, -0.05) is 36.4 Å². The van der Waals surface area contributed by atoms with Crippen molar-refractivity contribution in [3.05, 3.63) is 60.6 Å². The Bertz CT molecular complexity index is 611. The average Bonchev–Trinajstić information content (AvgIpc) is 2.30. The maximum absolute atomic E-state index is 12.0. The van der Waals surface area contributed by atoms with Crippen LogP contribution in [0.25, 0.3) is 0 Å². The second-order valence-electron chi connectivity index (χ2n) is 3.21. The van der Waals surface area contributed by atoms with Gasteiger partial charge in [-0.3, -0.25) is 4.72 Å².